The molecule has 17 heteroatoms. The van der Waals surface area contributed by atoms with E-state index in [9.17, 15) is 26.3 Å². The molecule has 4 heterocycles. The number of aliphatic carboxylic acids is 2. The Kier molecular flexibility index (Phi) is 11.6. The second kappa shape index (κ2) is 14.0. The van der Waals surface area contributed by atoms with Gasteiger partial charge in [0.1, 0.15) is 10.6 Å². The zero-order chi connectivity index (χ0) is 30.1. The third-order valence-electron chi connectivity index (χ3n) is 5.69. The van der Waals surface area contributed by atoms with Crippen molar-refractivity contribution in [1.29, 1.82) is 0 Å². The standard InChI is InChI=1S/C19H26N4O2S.2C2HF3O2/c1-14-4-3-5-17(20-14)11-24-8-6-16-7-9-25-19(10-16)12-23(13-19)18-22-21-15(2)26-18;2*3-2(4,5)1(6)7/h3-5,16H,6-13H2,1-2H3;2*(H,6,7). The maximum atomic E-state index is 10.6. The molecule has 0 aliphatic carbocycles. The number of ether oxygens (including phenoxy) is 2. The number of rotatable bonds is 6. The van der Waals surface area contributed by atoms with E-state index in [1.807, 2.05) is 32.0 Å². The maximum absolute atomic E-state index is 10.6. The summed E-state index contributed by atoms with van der Waals surface area (Å²) in [5, 5.41) is 24.6. The molecular weight excluding hydrogens is 574 g/mol. The van der Waals surface area contributed by atoms with Gasteiger partial charge in [0.2, 0.25) is 5.13 Å². The Morgan fingerprint density at radius 2 is 1.70 bits per heavy atom. The number of halogens is 6. The molecule has 2 N–H and O–H groups in total. The summed E-state index contributed by atoms with van der Waals surface area (Å²) in [5.74, 6) is -4.84. The fraction of sp³-hybridized carbons (Fsp3) is 0.609. The summed E-state index contributed by atoms with van der Waals surface area (Å²) in [6.07, 6.45) is -6.83. The Morgan fingerprint density at radius 3 is 2.20 bits per heavy atom. The summed E-state index contributed by atoms with van der Waals surface area (Å²) in [4.78, 5) is 24.6. The predicted octanol–water partition coefficient (Wildman–Crippen LogP) is 4.41. The Bertz CT molecular complexity index is 1100. The first-order chi connectivity index (χ1) is 18.5. The normalized spacial score (nSPS) is 18.1. The van der Waals surface area contributed by atoms with Crippen LogP contribution < -0.4 is 4.90 Å². The number of aromatic nitrogens is 3. The summed E-state index contributed by atoms with van der Waals surface area (Å²) in [6, 6.07) is 6.07. The van der Waals surface area contributed by atoms with Gasteiger partial charge in [0, 0.05) is 18.9 Å². The molecule has 4 rings (SSSR count). The molecule has 10 nitrogen and oxygen atoms in total. The average molecular weight is 603 g/mol. The van der Waals surface area contributed by atoms with Crippen molar-refractivity contribution in [2.24, 2.45) is 5.92 Å². The van der Waals surface area contributed by atoms with E-state index in [1.165, 1.54) is 0 Å². The van der Waals surface area contributed by atoms with Crippen LogP contribution in [0.3, 0.4) is 0 Å². The molecule has 2 aliphatic rings. The summed E-state index contributed by atoms with van der Waals surface area (Å²) >= 11 is 1.66. The number of carbonyl (C=O) groups is 2. The molecule has 40 heavy (non-hydrogen) atoms. The van der Waals surface area contributed by atoms with Gasteiger partial charge >= 0.3 is 24.3 Å². The van der Waals surface area contributed by atoms with Gasteiger partial charge in [-0.2, -0.15) is 26.3 Å². The number of carboxylic acids is 2. The lowest BCUT2D eigenvalue weighted by atomic mass is 9.79. The van der Waals surface area contributed by atoms with E-state index in [0.29, 0.717) is 12.5 Å². The first-order valence-electron chi connectivity index (χ1n) is 11.8. The van der Waals surface area contributed by atoms with E-state index in [0.717, 1.165) is 67.1 Å². The number of pyridine rings is 1. The van der Waals surface area contributed by atoms with Crippen molar-refractivity contribution in [3.63, 3.8) is 0 Å². The van der Waals surface area contributed by atoms with E-state index < -0.39 is 24.3 Å². The molecule has 2 aliphatic heterocycles. The number of nitrogens with zero attached hydrogens (tertiary/aromatic N) is 4. The first-order valence-corrected chi connectivity index (χ1v) is 12.6. The molecule has 0 bridgehead atoms. The van der Waals surface area contributed by atoms with Crippen molar-refractivity contribution in [2.75, 3.05) is 31.2 Å². The number of anilines is 1. The summed E-state index contributed by atoms with van der Waals surface area (Å²) in [7, 11) is 0. The fourth-order valence-corrected chi connectivity index (χ4v) is 4.59. The molecule has 0 amide bonds. The van der Waals surface area contributed by atoms with E-state index in [-0.39, 0.29) is 5.60 Å². The lowest BCUT2D eigenvalue weighted by Gasteiger charge is -2.53. The third-order valence-corrected chi connectivity index (χ3v) is 6.59. The minimum Gasteiger partial charge on any atom is -0.475 e. The molecular formula is C23H28F6N4O6S. The summed E-state index contributed by atoms with van der Waals surface area (Å²) in [5.41, 5.74) is 2.06. The highest BCUT2D eigenvalue weighted by Crippen LogP contribution is 2.40. The van der Waals surface area contributed by atoms with Gasteiger partial charge in [-0.3, -0.25) is 4.98 Å². The molecule has 0 radical (unpaired) electrons. The second-order valence-corrected chi connectivity index (χ2v) is 10.2. The van der Waals surface area contributed by atoms with E-state index in [4.69, 9.17) is 29.3 Å². The minimum atomic E-state index is -5.08. The summed E-state index contributed by atoms with van der Waals surface area (Å²) < 4.78 is 75.5. The highest BCUT2D eigenvalue weighted by atomic mass is 32.1. The lowest BCUT2D eigenvalue weighted by Crippen LogP contribution is -2.65. The zero-order valence-electron chi connectivity index (χ0n) is 21.5. The lowest BCUT2D eigenvalue weighted by molar-refractivity contribution is -0.193. The number of alkyl halides is 6. The first kappa shape index (κ1) is 33.2. The van der Waals surface area contributed by atoms with E-state index in [2.05, 4.69) is 20.1 Å². The van der Waals surface area contributed by atoms with Gasteiger partial charge in [-0.1, -0.05) is 17.4 Å². The third kappa shape index (κ3) is 10.8. The molecule has 0 saturated carbocycles. The van der Waals surface area contributed by atoms with Crippen LogP contribution in [0.4, 0.5) is 31.5 Å². The molecule has 2 saturated heterocycles. The van der Waals surface area contributed by atoms with Crippen molar-refractivity contribution in [1.82, 2.24) is 15.2 Å². The van der Waals surface area contributed by atoms with Crippen LogP contribution in [0.25, 0.3) is 0 Å². The van der Waals surface area contributed by atoms with Gasteiger partial charge in [-0.15, -0.1) is 10.2 Å². The van der Waals surface area contributed by atoms with Crippen LogP contribution in [0.5, 0.6) is 0 Å². The highest BCUT2D eigenvalue weighted by molar-refractivity contribution is 7.15. The number of aryl methyl sites for hydroxylation is 2. The number of hydrogen-bond donors (Lipinski definition) is 2. The molecule has 2 fully saturated rings. The van der Waals surface area contributed by atoms with Crippen LogP contribution in [0.2, 0.25) is 0 Å². The van der Waals surface area contributed by atoms with Crippen molar-refractivity contribution in [3.8, 4) is 0 Å². The molecule has 1 spiro atoms. The molecule has 1 unspecified atom stereocenters. The molecule has 0 aromatic carbocycles. The Hall–Kier alpha value is -3.05. The summed E-state index contributed by atoms with van der Waals surface area (Å²) in [6.45, 7) is 8.12. The van der Waals surface area contributed by atoms with Crippen molar-refractivity contribution in [3.05, 3.63) is 34.6 Å². The monoisotopic (exact) mass is 602 g/mol. The predicted molar refractivity (Wildman–Crippen MR) is 129 cm³/mol. The van der Waals surface area contributed by atoms with E-state index in [1.54, 1.807) is 11.3 Å². The second-order valence-electron chi connectivity index (χ2n) is 9.07. The van der Waals surface area contributed by atoms with Gasteiger partial charge < -0.3 is 24.6 Å². The maximum Gasteiger partial charge on any atom is 0.490 e. The number of hydrogen-bond acceptors (Lipinski definition) is 9. The van der Waals surface area contributed by atoms with Crippen molar-refractivity contribution < 1.29 is 55.6 Å². The van der Waals surface area contributed by atoms with Gasteiger partial charge in [0.25, 0.3) is 0 Å². The Labute approximate surface area is 228 Å². The van der Waals surface area contributed by atoms with Gasteiger partial charge in [0.15, 0.2) is 0 Å². The fourth-order valence-electron chi connectivity index (χ4n) is 3.90. The van der Waals surface area contributed by atoms with Gasteiger partial charge in [-0.25, -0.2) is 9.59 Å². The zero-order valence-corrected chi connectivity index (χ0v) is 22.3. The largest absolute Gasteiger partial charge is 0.490 e. The van der Waals surface area contributed by atoms with Crippen LogP contribution in [0.15, 0.2) is 18.2 Å². The van der Waals surface area contributed by atoms with E-state index >= 15 is 0 Å². The van der Waals surface area contributed by atoms with Crippen LogP contribution in [0.1, 0.15) is 35.7 Å². The highest BCUT2D eigenvalue weighted by Gasteiger charge is 2.48. The van der Waals surface area contributed by atoms with Crippen molar-refractivity contribution in [2.45, 2.75) is 57.7 Å². The smallest absolute Gasteiger partial charge is 0.475 e. The van der Waals surface area contributed by atoms with Crippen LogP contribution in [-0.4, -0.2) is 81.6 Å². The molecule has 2 aromatic rings. The topological polar surface area (TPSA) is 135 Å². The SMILES string of the molecule is Cc1cccc(COCCC2CCOC3(C2)CN(c2nnc(C)s2)C3)n1.O=C(O)C(F)(F)F.O=C(O)C(F)(F)F. The Morgan fingerprint density at radius 1 is 1.10 bits per heavy atom. The molecule has 224 valence electrons. The van der Waals surface area contributed by atoms with Crippen LogP contribution in [0, 0.1) is 19.8 Å². The minimum absolute atomic E-state index is 0.0145. The molecule has 2 aromatic heterocycles. The van der Waals surface area contributed by atoms with Gasteiger partial charge in [-0.05, 0) is 51.2 Å². The number of carboxylic acid groups (broad SMARTS) is 2. The Balaban J connectivity index is 0.000000333. The average Bonchev–Trinajstić information content (AvgIpc) is 3.26. The van der Waals surface area contributed by atoms with Crippen LogP contribution in [-0.2, 0) is 25.7 Å². The van der Waals surface area contributed by atoms with Crippen LogP contribution >= 0.6 is 11.3 Å². The molecule has 1 atom stereocenters. The van der Waals surface area contributed by atoms with Gasteiger partial charge in [0.05, 0.1) is 25.4 Å². The van der Waals surface area contributed by atoms with Crippen molar-refractivity contribution >= 4 is 28.4 Å². The quantitative estimate of drug-likeness (QED) is 0.362.